The number of benzene rings is 1. The van der Waals surface area contributed by atoms with Crippen molar-refractivity contribution in [1.29, 1.82) is 0 Å². The average molecular weight is 411 g/mol. The summed E-state index contributed by atoms with van der Waals surface area (Å²) >= 11 is 0. The third-order valence-electron chi connectivity index (χ3n) is 4.60. The second-order valence-electron chi connectivity index (χ2n) is 6.85. The Balaban J connectivity index is 0.000000274. The number of methoxy groups -OCH3 is 1. The first kappa shape index (κ1) is 23.0. The minimum absolute atomic E-state index is 0.423. The number of hydrogen-bond acceptors (Lipinski definition) is 7. The summed E-state index contributed by atoms with van der Waals surface area (Å²) in [5, 5.41) is 7.01. The zero-order valence-corrected chi connectivity index (χ0v) is 18.1. The third kappa shape index (κ3) is 6.12. The maximum absolute atomic E-state index is 9.92. The van der Waals surface area contributed by atoms with Gasteiger partial charge in [0.2, 0.25) is 6.41 Å². The fourth-order valence-corrected chi connectivity index (χ4v) is 3.23. The summed E-state index contributed by atoms with van der Waals surface area (Å²) in [6.45, 7) is 12.4. The SMILES string of the molecule is C=N/C=C(\C=C/C)NC=O.COc1ncc2c(N3CCNC(C)C3)ccc(C)c2n1. The molecular weight excluding hydrogens is 380 g/mol. The molecule has 30 heavy (non-hydrogen) atoms. The molecule has 0 aliphatic carbocycles. The molecule has 1 fully saturated rings. The molecule has 1 saturated heterocycles. The van der Waals surface area contributed by atoms with Crippen LogP contribution in [0, 0.1) is 6.92 Å². The number of hydrogen-bond donors (Lipinski definition) is 2. The molecule has 0 saturated carbocycles. The minimum atomic E-state index is 0.423. The van der Waals surface area contributed by atoms with Gasteiger partial charge in [-0.1, -0.05) is 12.1 Å². The highest BCUT2D eigenvalue weighted by atomic mass is 16.5. The monoisotopic (exact) mass is 410 g/mol. The van der Waals surface area contributed by atoms with E-state index in [0.29, 0.717) is 24.2 Å². The molecule has 2 N–H and O–H groups in total. The molecule has 3 rings (SSSR count). The van der Waals surface area contributed by atoms with Crippen molar-refractivity contribution in [1.82, 2.24) is 20.6 Å². The number of ether oxygens (including phenoxy) is 1. The number of aliphatic imine (C=N–C) groups is 1. The molecule has 2 heterocycles. The lowest BCUT2D eigenvalue weighted by Crippen LogP contribution is -2.49. The fraction of sp³-hybridized carbons (Fsp3) is 0.364. The van der Waals surface area contributed by atoms with Gasteiger partial charge in [0.15, 0.2) is 0 Å². The van der Waals surface area contributed by atoms with E-state index in [-0.39, 0.29) is 0 Å². The summed E-state index contributed by atoms with van der Waals surface area (Å²) in [5.74, 6) is 0. The number of carbonyl (C=O) groups excluding carboxylic acids is 1. The molecule has 1 aliphatic heterocycles. The van der Waals surface area contributed by atoms with E-state index < -0.39 is 0 Å². The molecule has 1 aliphatic rings. The van der Waals surface area contributed by atoms with Crippen LogP contribution >= 0.6 is 0 Å². The minimum Gasteiger partial charge on any atom is -0.467 e. The predicted molar refractivity (Wildman–Crippen MR) is 122 cm³/mol. The number of amides is 1. The van der Waals surface area contributed by atoms with Crippen molar-refractivity contribution < 1.29 is 9.53 Å². The zero-order valence-electron chi connectivity index (χ0n) is 18.1. The Bertz CT molecular complexity index is 925. The second kappa shape index (κ2) is 11.7. The molecule has 1 amide bonds. The molecule has 1 aromatic heterocycles. The molecule has 0 spiro atoms. The number of fused-ring (bicyclic) bond motifs is 1. The van der Waals surface area contributed by atoms with Crippen LogP contribution < -0.4 is 20.3 Å². The Morgan fingerprint density at radius 1 is 1.47 bits per heavy atom. The molecule has 1 atom stereocenters. The Labute approximate surface area is 177 Å². The van der Waals surface area contributed by atoms with Gasteiger partial charge in [-0.05, 0) is 45.2 Å². The number of nitrogens with zero attached hydrogens (tertiary/aromatic N) is 4. The molecule has 160 valence electrons. The molecule has 1 unspecified atom stereocenters. The lowest BCUT2D eigenvalue weighted by molar-refractivity contribution is -0.108. The van der Waals surface area contributed by atoms with Gasteiger partial charge < -0.3 is 20.3 Å². The Morgan fingerprint density at radius 2 is 2.27 bits per heavy atom. The third-order valence-corrected chi connectivity index (χ3v) is 4.60. The summed E-state index contributed by atoms with van der Waals surface area (Å²) in [6.07, 6.45) is 7.46. The average Bonchev–Trinajstić information content (AvgIpc) is 2.75. The highest BCUT2D eigenvalue weighted by molar-refractivity contribution is 5.93. The second-order valence-corrected chi connectivity index (χ2v) is 6.85. The van der Waals surface area contributed by atoms with Crippen molar-refractivity contribution >= 4 is 29.7 Å². The molecule has 0 bridgehead atoms. The predicted octanol–water partition coefficient (Wildman–Crippen LogP) is 2.60. The van der Waals surface area contributed by atoms with E-state index in [0.717, 1.165) is 36.1 Å². The van der Waals surface area contributed by atoms with E-state index in [2.05, 4.69) is 63.2 Å². The summed E-state index contributed by atoms with van der Waals surface area (Å²) in [7, 11) is 1.60. The standard InChI is InChI=1S/C15H20N4O.C7H10N2O/c1-10-4-5-13(19-7-6-16-11(2)9-19)12-8-17-15(20-3)18-14(10)12;1-3-4-7(5-8-2)9-6-10/h4-5,8,11,16H,6-7,9H2,1-3H3;3-6H,2H2,1H3,(H,9,10)/b;4-3-,7-5+. The van der Waals surface area contributed by atoms with Crippen molar-refractivity contribution in [3.8, 4) is 6.01 Å². The van der Waals surface area contributed by atoms with Gasteiger partial charge in [-0.15, -0.1) is 0 Å². The van der Waals surface area contributed by atoms with Gasteiger partial charge in [0.1, 0.15) is 0 Å². The number of anilines is 1. The summed E-state index contributed by atoms with van der Waals surface area (Å²) in [5.41, 5.74) is 3.96. The molecule has 2 aromatic rings. The number of nitrogens with one attached hydrogen (secondary N) is 2. The van der Waals surface area contributed by atoms with Crippen LogP contribution in [0.1, 0.15) is 19.4 Å². The van der Waals surface area contributed by atoms with Gasteiger partial charge in [0.05, 0.1) is 18.3 Å². The lowest BCUT2D eigenvalue weighted by Gasteiger charge is -2.34. The van der Waals surface area contributed by atoms with Crippen molar-refractivity contribution in [3.63, 3.8) is 0 Å². The maximum atomic E-state index is 9.92. The summed E-state index contributed by atoms with van der Waals surface area (Å²) in [4.78, 5) is 24.6. The van der Waals surface area contributed by atoms with E-state index in [1.165, 1.54) is 11.9 Å². The van der Waals surface area contributed by atoms with Crippen LogP contribution in [0.5, 0.6) is 6.01 Å². The van der Waals surface area contributed by atoms with E-state index in [1.807, 2.05) is 13.1 Å². The fourth-order valence-electron chi connectivity index (χ4n) is 3.23. The normalized spacial score (nSPS) is 16.7. The van der Waals surface area contributed by atoms with Crippen LogP contribution in [-0.2, 0) is 4.79 Å². The van der Waals surface area contributed by atoms with Crippen LogP contribution in [0.4, 0.5) is 5.69 Å². The van der Waals surface area contributed by atoms with E-state index in [4.69, 9.17) is 4.74 Å². The van der Waals surface area contributed by atoms with Crippen LogP contribution in [0.25, 0.3) is 10.9 Å². The number of piperazine rings is 1. The van der Waals surface area contributed by atoms with Gasteiger partial charge in [-0.3, -0.25) is 9.79 Å². The maximum Gasteiger partial charge on any atom is 0.316 e. The molecule has 0 radical (unpaired) electrons. The summed E-state index contributed by atoms with van der Waals surface area (Å²) < 4.78 is 5.13. The van der Waals surface area contributed by atoms with Crippen molar-refractivity contribution in [3.05, 3.63) is 47.9 Å². The van der Waals surface area contributed by atoms with Gasteiger partial charge in [-0.2, -0.15) is 4.98 Å². The Kier molecular flexibility index (Phi) is 8.96. The lowest BCUT2D eigenvalue weighted by atomic mass is 10.1. The molecule has 8 nitrogen and oxygen atoms in total. The first-order valence-electron chi connectivity index (χ1n) is 9.81. The first-order valence-corrected chi connectivity index (χ1v) is 9.81. The number of allylic oxidation sites excluding steroid dienone is 2. The highest BCUT2D eigenvalue weighted by Gasteiger charge is 2.19. The number of aromatic nitrogens is 2. The highest BCUT2D eigenvalue weighted by Crippen LogP contribution is 2.29. The van der Waals surface area contributed by atoms with Crippen LogP contribution in [-0.4, -0.2) is 55.9 Å². The number of carbonyl (C=O) groups is 1. The van der Waals surface area contributed by atoms with Crippen molar-refractivity contribution in [2.75, 3.05) is 31.6 Å². The Hall–Kier alpha value is -3.26. The quantitative estimate of drug-likeness (QED) is 0.432. The van der Waals surface area contributed by atoms with E-state index in [1.54, 1.807) is 19.3 Å². The van der Waals surface area contributed by atoms with Crippen LogP contribution in [0.2, 0.25) is 0 Å². The van der Waals surface area contributed by atoms with Gasteiger partial charge in [-0.25, -0.2) is 4.98 Å². The Morgan fingerprint density at radius 3 is 2.90 bits per heavy atom. The van der Waals surface area contributed by atoms with Crippen LogP contribution in [0.15, 0.2) is 47.4 Å². The largest absolute Gasteiger partial charge is 0.467 e. The molecule has 1 aromatic carbocycles. The van der Waals surface area contributed by atoms with Crippen molar-refractivity contribution in [2.45, 2.75) is 26.8 Å². The van der Waals surface area contributed by atoms with Gasteiger partial charge >= 0.3 is 6.01 Å². The first-order chi connectivity index (χ1) is 14.5. The summed E-state index contributed by atoms with van der Waals surface area (Å²) in [6, 6.07) is 5.22. The number of rotatable bonds is 6. The van der Waals surface area contributed by atoms with Crippen LogP contribution in [0.3, 0.4) is 0 Å². The van der Waals surface area contributed by atoms with Gasteiger partial charge in [0, 0.05) is 49.1 Å². The van der Waals surface area contributed by atoms with Gasteiger partial charge in [0.25, 0.3) is 0 Å². The van der Waals surface area contributed by atoms with E-state index in [9.17, 15) is 4.79 Å². The smallest absolute Gasteiger partial charge is 0.316 e. The molecular formula is C22H30N6O2. The van der Waals surface area contributed by atoms with Crippen molar-refractivity contribution in [2.24, 2.45) is 4.99 Å². The number of aryl methyl sites for hydroxylation is 1. The molecule has 8 heteroatoms. The topological polar surface area (TPSA) is 91.7 Å². The zero-order chi connectivity index (χ0) is 21.9. The van der Waals surface area contributed by atoms with E-state index >= 15 is 0 Å².